The van der Waals surface area contributed by atoms with Crippen molar-refractivity contribution in [3.8, 4) is 11.5 Å². The molecule has 3 rings (SSSR count). The Hall–Kier alpha value is -2.04. The van der Waals surface area contributed by atoms with Crippen LogP contribution in [0.3, 0.4) is 0 Å². The van der Waals surface area contributed by atoms with Crippen molar-refractivity contribution in [3.63, 3.8) is 0 Å². The van der Waals surface area contributed by atoms with Gasteiger partial charge < -0.3 is 9.32 Å². The van der Waals surface area contributed by atoms with E-state index in [0.717, 1.165) is 0 Å². The summed E-state index contributed by atoms with van der Waals surface area (Å²) >= 11 is 12.0. The Morgan fingerprint density at radius 1 is 1.09 bits per heavy atom. The van der Waals surface area contributed by atoms with Crippen LogP contribution in [0.4, 0.5) is 0 Å². The zero-order chi connectivity index (χ0) is 15.9. The monoisotopic (exact) mass is 334 g/mol. The second-order valence-electron chi connectivity index (χ2n) is 5.06. The quantitative estimate of drug-likeness (QED) is 0.692. The minimum atomic E-state index is -0.0920. The Morgan fingerprint density at radius 3 is 2.41 bits per heavy atom. The molecule has 0 atom stereocenters. The van der Waals surface area contributed by atoms with Gasteiger partial charge in [-0.25, -0.2) is 4.98 Å². The molecule has 0 N–H and O–H groups in total. The zero-order valence-electron chi connectivity index (χ0n) is 11.9. The summed E-state index contributed by atoms with van der Waals surface area (Å²) in [7, 11) is 3.40. The van der Waals surface area contributed by atoms with E-state index < -0.39 is 0 Å². The number of fused-ring (bicyclic) bond motifs is 1. The van der Waals surface area contributed by atoms with E-state index >= 15 is 0 Å². The fraction of sp³-hybridized carbons (Fsp3) is 0.125. The Labute approximate surface area is 137 Å². The molecule has 22 heavy (non-hydrogen) atoms. The molecule has 0 radical (unpaired) electrons. The van der Waals surface area contributed by atoms with Crippen LogP contribution in [0.5, 0.6) is 0 Å². The third-order valence-electron chi connectivity index (χ3n) is 3.15. The molecule has 0 bridgehead atoms. The molecule has 1 aromatic heterocycles. The maximum atomic E-state index is 12.0. The molecule has 0 spiro atoms. The average molecular weight is 335 g/mol. The van der Waals surface area contributed by atoms with Crippen molar-refractivity contribution < 1.29 is 9.21 Å². The molecule has 0 saturated heterocycles. The highest BCUT2D eigenvalue weighted by atomic mass is 35.5. The van der Waals surface area contributed by atoms with Gasteiger partial charge in [-0.15, -0.1) is 0 Å². The summed E-state index contributed by atoms with van der Waals surface area (Å²) < 4.78 is 5.74. The summed E-state index contributed by atoms with van der Waals surface area (Å²) in [5, 5.41) is 1.02. The van der Waals surface area contributed by atoms with Gasteiger partial charge in [0, 0.05) is 35.3 Å². The van der Waals surface area contributed by atoms with Crippen LogP contribution in [0.25, 0.3) is 22.6 Å². The second kappa shape index (κ2) is 5.63. The molecule has 2 aromatic carbocycles. The lowest BCUT2D eigenvalue weighted by Gasteiger charge is -2.09. The van der Waals surface area contributed by atoms with Gasteiger partial charge in [-0.3, -0.25) is 4.79 Å². The fourth-order valence-corrected chi connectivity index (χ4v) is 2.64. The van der Waals surface area contributed by atoms with Gasteiger partial charge in [0.05, 0.1) is 0 Å². The van der Waals surface area contributed by atoms with E-state index in [2.05, 4.69) is 4.98 Å². The summed E-state index contributed by atoms with van der Waals surface area (Å²) in [5.41, 5.74) is 2.44. The number of carbonyl (C=O) groups is 1. The van der Waals surface area contributed by atoms with Crippen molar-refractivity contribution in [2.24, 2.45) is 0 Å². The molecule has 1 amide bonds. The summed E-state index contributed by atoms with van der Waals surface area (Å²) in [6, 6.07) is 10.3. The van der Waals surface area contributed by atoms with E-state index in [1.807, 2.05) is 0 Å². The van der Waals surface area contributed by atoms with Crippen molar-refractivity contribution in [2.45, 2.75) is 0 Å². The molecule has 1 heterocycles. The third kappa shape index (κ3) is 2.80. The Bertz CT molecular complexity index is 851. The Kier molecular flexibility index (Phi) is 3.81. The van der Waals surface area contributed by atoms with Gasteiger partial charge in [-0.2, -0.15) is 0 Å². The molecule has 0 aliphatic rings. The third-order valence-corrected chi connectivity index (χ3v) is 3.59. The second-order valence-corrected chi connectivity index (χ2v) is 5.93. The van der Waals surface area contributed by atoms with Gasteiger partial charge >= 0.3 is 0 Å². The van der Waals surface area contributed by atoms with Gasteiger partial charge in [0.1, 0.15) is 5.52 Å². The number of oxazole rings is 1. The molecule has 3 aromatic rings. The van der Waals surface area contributed by atoms with Gasteiger partial charge in [0.2, 0.25) is 5.89 Å². The van der Waals surface area contributed by atoms with Gasteiger partial charge in [0.15, 0.2) is 5.58 Å². The number of aromatic nitrogens is 1. The topological polar surface area (TPSA) is 46.3 Å². The number of benzene rings is 2. The number of hydrogen-bond acceptors (Lipinski definition) is 3. The van der Waals surface area contributed by atoms with E-state index in [1.54, 1.807) is 50.5 Å². The largest absolute Gasteiger partial charge is 0.436 e. The van der Waals surface area contributed by atoms with Crippen molar-refractivity contribution >= 4 is 40.2 Å². The molecule has 112 valence electrons. The van der Waals surface area contributed by atoms with Crippen LogP contribution in [-0.4, -0.2) is 29.9 Å². The molecule has 6 heteroatoms. The SMILES string of the molecule is CN(C)C(=O)c1ccc2nc(-c3cc(Cl)cc(Cl)c3)oc2c1. The van der Waals surface area contributed by atoms with E-state index in [0.29, 0.717) is 38.2 Å². The summed E-state index contributed by atoms with van der Waals surface area (Å²) in [6.07, 6.45) is 0. The number of halogens is 2. The molecule has 0 aliphatic carbocycles. The highest BCUT2D eigenvalue weighted by Crippen LogP contribution is 2.29. The minimum Gasteiger partial charge on any atom is -0.436 e. The first-order valence-electron chi connectivity index (χ1n) is 6.53. The predicted octanol–water partition coefficient (Wildman–Crippen LogP) is 4.50. The van der Waals surface area contributed by atoms with E-state index in [9.17, 15) is 4.79 Å². The van der Waals surface area contributed by atoms with Crippen molar-refractivity contribution in [1.29, 1.82) is 0 Å². The summed E-state index contributed by atoms with van der Waals surface area (Å²) in [5.74, 6) is 0.319. The first kappa shape index (κ1) is 14.9. The predicted molar refractivity (Wildman–Crippen MR) is 87.5 cm³/mol. The lowest BCUT2D eigenvalue weighted by Crippen LogP contribution is -2.21. The number of amides is 1. The average Bonchev–Trinajstić information content (AvgIpc) is 2.88. The molecule has 0 unspecified atom stereocenters. The minimum absolute atomic E-state index is 0.0920. The van der Waals surface area contributed by atoms with Gasteiger partial charge in [-0.1, -0.05) is 23.2 Å². The first-order chi connectivity index (χ1) is 10.4. The standard InChI is InChI=1S/C16H12Cl2N2O2/c1-20(2)16(21)9-3-4-13-14(7-9)22-15(19-13)10-5-11(17)8-12(18)6-10/h3-8H,1-2H3. The highest BCUT2D eigenvalue weighted by Gasteiger charge is 2.13. The van der Waals surface area contributed by atoms with Crippen LogP contribution in [0.15, 0.2) is 40.8 Å². The maximum Gasteiger partial charge on any atom is 0.253 e. The lowest BCUT2D eigenvalue weighted by atomic mass is 10.2. The van der Waals surface area contributed by atoms with Gasteiger partial charge in [-0.05, 0) is 36.4 Å². The molecular weight excluding hydrogens is 323 g/mol. The Morgan fingerprint density at radius 2 is 1.77 bits per heavy atom. The van der Waals surface area contributed by atoms with Crippen molar-refractivity contribution in [1.82, 2.24) is 9.88 Å². The number of rotatable bonds is 2. The smallest absolute Gasteiger partial charge is 0.253 e. The summed E-state index contributed by atoms with van der Waals surface area (Å²) in [6.45, 7) is 0. The van der Waals surface area contributed by atoms with E-state index in [4.69, 9.17) is 27.6 Å². The fourth-order valence-electron chi connectivity index (χ4n) is 2.12. The van der Waals surface area contributed by atoms with Crippen molar-refractivity contribution in [2.75, 3.05) is 14.1 Å². The normalized spacial score (nSPS) is 10.9. The molecule has 0 aliphatic heterocycles. The number of carbonyl (C=O) groups excluding carboxylic acids is 1. The maximum absolute atomic E-state index is 12.0. The first-order valence-corrected chi connectivity index (χ1v) is 7.28. The molecule has 4 nitrogen and oxygen atoms in total. The number of nitrogens with zero attached hydrogens (tertiary/aromatic N) is 2. The van der Waals surface area contributed by atoms with Crippen LogP contribution < -0.4 is 0 Å². The van der Waals surface area contributed by atoms with Crippen molar-refractivity contribution in [3.05, 3.63) is 52.0 Å². The molecule has 0 saturated carbocycles. The van der Waals surface area contributed by atoms with Crippen LogP contribution in [0.2, 0.25) is 10.0 Å². The van der Waals surface area contributed by atoms with Crippen LogP contribution in [-0.2, 0) is 0 Å². The van der Waals surface area contributed by atoms with E-state index in [-0.39, 0.29) is 5.91 Å². The lowest BCUT2D eigenvalue weighted by molar-refractivity contribution is 0.0827. The molecule has 0 fully saturated rings. The van der Waals surface area contributed by atoms with Crippen LogP contribution in [0.1, 0.15) is 10.4 Å². The number of hydrogen-bond donors (Lipinski definition) is 0. The Balaban J connectivity index is 2.08. The van der Waals surface area contributed by atoms with Gasteiger partial charge in [0.25, 0.3) is 5.91 Å². The molecular formula is C16H12Cl2N2O2. The highest BCUT2D eigenvalue weighted by molar-refractivity contribution is 6.35. The van der Waals surface area contributed by atoms with Crippen LogP contribution in [0, 0.1) is 0 Å². The summed E-state index contributed by atoms with van der Waals surface area (Å²) in [4.78, 5) is 17.9. The van der Waals surface area contributed by atoms with E-state index in [1.165, 1.54) is 4.90 Å². The zero-order valence-corrected chi connectivity index (χ0v) is 13.4. The van der Waals surface area contributed by atoms with Crippen LogP contribution >= 0.6 is 23.2 Å².